The molecule has 3 nitrogen and oxygen atoms in total. The molecule has 0 fully saturated rings. The number of ether oxygens (including phenoxy) is 2. The van der Waals surface area contributed by atoms with Crippen LogP contribution in [0.2, 0.25) is 0 Å². The van der Waals surface area contributed by atoms with Crippen LogP contribution >= 0.6 is 0 Å². The summed E-state index contributed by atoms with van der Waals surface area (Å²) in [6.45, 7) is 7.88. The van der Waals surface area contributed by atoms with Gasteiger partial charge in [-0.3, -0.25) is 0 Å². The maximum atomic E-state index is 6.19. The molecule has 0 aliphatic rings. The summed E-state index contributed by atoms with van der Waals surface area (Å²) < 4.78 is 10.7. The van der Waals surface area contributed by atoms with Gasteiger partial charge < -0.3 is 15.2 Å². The minimum Gasteiger partial charge on any atom is -0.385 e. The van der Waals surface area contributed by atoms with Gasteiger partial charge in [0.1, 0.15) is 0 Å². The number of hydrogen-bond donors (Lipinski definition) is 1. The number of hydrogen-bond acceptors (Lipinski definition) is 3. The topological polar surface area (TPSA) is 44.5 Å². The van der Waals surface area contributed by atoms with Gasteiger partial charge in [-0.05, 0) is 25.7 Å². The van der Waals surface area contributed by atoms with Gasteiger partial charge in [0.2, 0.25) is 0 Å². The molecule has 0 rings (SSSR count). The van der Waals surface area contributed by atoms with Crippen molar-refractivity contribution >= 4 is 0 Å². The highest BCUT2D eigenvalue weighted by atomic mass is 16.5. The molecule has 3 atom stereocenters. The summed E-state index contributed by atoms with van der Waals surface area (Å²) >= 11 is 0. The standard InChI is InChI=1S/C12H27NO2/c1-5-7-11(15-6-2)12(13)10(3)8-9-14-4/h10-12H,5-9,13H2,1-4H3. The highest BCUT2D eigenvalue weighted by Crippen LogP contribution is 2.16. The number of methoxy groups -OCH3 is 1. The molecule has 0 amide bonds. The fourth-order valence-corrected chi connectivity index (χ4v) is 1.75. The first kappa shape index (κ1) is 14.9. The summed E-state index contributed by atoms with van der Waals surface area (Å²) in [5, 5.41) is 0. The van der Waals surface area contributed by atoms with Gasteiger partial charge in [0, 0.05) is 26.4 Å². The van der Waals surface area contributed by atoms with Crippen molar-refractivity contribution in [3.05, 3.63) is 0 Å². The second kappa shape index (κ2) is 9.13. The summed E-state index contributed by atoms with van der Waals surface area (Å²) in [6, 6.07) is 0.125. The van der Waals surface area contributed by atoms with Crippen molar-refractivity contribution in [3.63, 3.8) is 0 Å². The first-order valence-electron chi connectivity index (χ1n) is 6.03. The third-order valence-electron chi connectivity index (χ3n) is 2.82. The normalized spacial score (nSPS) is 17.4. The van der Waals surface area contributed by atoms with E-state index in [2.05, 4.69) is 13.8 Å². The van der Waals surface area contributed by atoms with E-state index in [0.717, 1.165) is 32.5 Å². The fourth-order valence-electron chi connectivity index (χ4n) is 1.75. The molecule has 15 heavy (non-hydrogen) atoms. The Kier molecular flexibility index (Phi) is 9.06. The quantitative estimate of drug-likeness (QED) is 0.644. The lowest BCUT2D eigenvalue weighted by Crippen LogP contribution is -2.42. The van der Waals surface area contributed by atoms with Crippen molar-refractivity contribution in [1.29, 1.82) is 0 Å². The Morgan fingerprint density at radius 2 is 1.87 bits per heavy atom. The molecule has 3 unspecified atom stereocenters. The molecule has 0 aromatic carbocycles. The van der Waals surface area contributed by atoms with Crippen LogP contribution in [-0.2, 0) is 9.47 Å². The van der Waals surface area contributed by atoms with Crippen LogP contribution in [0.5, 0.6) is 0 Å². The van der Waals surface area contributed by atoms with E-state index in [1.165, 1.54) is 0 Å². The van der Waals surface area contributed by atoms with Gasteiger partial charge >= 0.3 is 0 Å². The summed E-state index contributed by atoms with van der Waals surface area (Å²) in [5.74, 6) is 0.452. The highest BCUT2D eigenvalue weighted by Gasteiger charge is 2.22. The molecule has 0 aliphatic heterocycles. The first-order valence-corrected chi connectivity index (χ1v) is 6.03. The minimum absolute atomic E-state index is 0.125. The second-order valence-electron chi connectivity index (χ2n) is 4.12. The van der Waals surface area contributed by atoms with Crippen LogP contribution in [0.15, 0.2) is 0 Å². The zero-order valence-corrected chi connectivity index (χ0v) is 10.7. The predicted molar refractivity (Wildman–Crippen MR) is 64.0 cm³/mol. The lowest BCUT2D eigenvalue weighted by atomic mass is 9.92. The van der Waals surface area contributed by atoms with Crippen LogP contribution in [-0.4, -0.2) is 32.5 Å². The van der Waals surface area contributed by atoms with Gasteiger partial charge in [-0.1, -0.05) is 20.3 Å². The van der Waals surface area contributed by atoms with E-state index in [9.17, 15) is 0 Å². The van der Waals surface area contributed by atoms with E-state index in [1.54, 1.807) is 7.11 Å². The van der Waals surface area contributed by atoms with Gasteiger partial charge in [-0.2, -0.15) is 0 Å². The van der Waals surface area contributed by atoms with Gasteiger partial charge in [0.05, 0.1) is 6.10 Å². The molecule has 0 aromatic heterocycles. The zero-order chi connectivity index (χ0) is 11.7. The summed E-state index contributed by atoms with van der Waals surface area (Å²) in [4.78, 5) is 0. The van der Waals surface area contributed by atoms with Crippen molar-refractivity contribution in [3.8, 4) is 0 Å². The largest absolute Gasteiger partial charge is 0.385 e. The van der Waals surface area contributed by atoms with Gasteiger partial charge in [-0.15, -0.1) is 0 Å². The van der Waals surface area contributed by atoms with E-state index in [0.29, 0.717) is 5.92 Å². The number of nitrogens with two attached hydrogens (primary N) is 1. The summed E-state index contributed by atoms with van der Waals surface area (Å²) in [6.07, 6.45) is 3.37. The third kappa shape index (κ3) is 6.13. The number of rotatable bonds is 9. The van der Waals surface area contributed by atoms with Crippen LogP contribution in [0.3, 0.4) is 0 Å². The zero-order valence-electron chi connectivity index (χ0n) is 10.7. The SMILES string of the molecule is CCCC(OCC)C(N)C(C)CCOC. The van der Waals surface area contributed by atoms with Crippen molar-refractivity contribution in [2.75, 3.05) is 20.3 Å². The molecule has 0 spiro atoms. The Labute approximate surface area is 94.3 Å². The molecule has 0 aromatic rings. The molecular formula is C12H27NO2. The van der Waals surface area contributed by atoms with E-state index < -0.39 is 0 Å². The molecule has 0 bridgehead atoms. The highest BCUT2D eigenvalue weighted by molar-refractivity contribution is 4.78. The third-order valence-corrected chi connectivity index (χ3v) is 2.82. The van der Waals surface area contributed by atoms with Crippen LogP contribution in [0.1, 0.15) is 40.0 Å². The smallest absolute Gasteiger partial charge is 0.0728 e. The molecule has 0 saturated heterocycles. The average Bonchev–Trinajstić information content (AvgIpc) is 2.24. The molecule has 92 valence electrons. The lowest BCUT2D eigenvalue weighted by Gasteiger charge is -2.28. The Hall–Kier alpha value is -0.120. The van der Waals surface area contributed by atoms with Crippen LogP contribution in [0.25, 0.3) is 0 Å². The van der Waals surface area contributed by atoms with Crippen LogP contribution in [0, 0.1) is 5.92 Å². The second-order valence-corrected chi connectivity index (χ2v) is 4.12. The molecule has 0 radical (unpaired) electrons. The monoisotopic (exact) mass is 217 g/mol. The maximum Gasteiger partial charge on any atom is 0.0728 e. The van der Waals surface area contributed by atoms with Crippen LogP contribution in [0.4, 0.5) is 0 Å². The Morgan fingerprint density at radius 3 is 2.33 bits per heavy atom. The summed E-state index contributed by atoms with van der Waals surface area (Å²) in [7, 11) is 1.73. The maximum absolute atomic E-state index is 6.19. The van der Waals surface area contributed by atoms with Crippen molar-refractivity contribution in [2.24, 2.45) is 11.7 Å². The molecule has 0 saturated carbocycles. The minimum atomic E-state index is 0.125. The van der Waals surface area contributed by atoms with E-state index in [1.807, 2.05) is 6.92 Å². The molecule has 0 heterocycles. The van der Waals surface area contributed by atoms with Crippen LogP contribution < -0.4 is 5.73 Å². The van der Waals surface area contributed by atoms with Gasteiger partial charge in [0.25, 0.3) is 0 Å². The molecular weight excluding hydrogens is 190 g/mol. The molecule has 0 aliphatic carbocycles. The summed E-state index contributed by atoms with van der Waals surface area (Å²) in [5.41, 5.74) is 6.19. The van der Waals surface area contributed by atoms with E-state index in [-0.39, 0.29) is 12.1 Å². The van der Waals surface area contributed by atoms with E-state index >= 15 is 0 Å². The van der Waals surface area contributed by atoms with Crippen molar-refractivity contribution in [1.82, 2.24) is 0 Å². The molecule has 3 heteroatoms. The molecule has 2 N–H and O–H groups in total. The Morgan fingerprint density at radius 1 is 1.20 bits per heavy atom. The Balaban J connectivity index is 4.02. The first-order chi connectivity index (χ1) is 7.17. The van der Waals surface area contributed by atoms with Gasteiger partial charge in [-0.25, -0.2) is 0 Å². The lowest BCUT2D eigenvalue weighted by molar-refractivity contribution is 0.0209. The van der Waals surface area contributed by atoms with E-state index in [4.69, 9.17) is 15.2 Å². The van der Waals surface area contributed by atoms with Gasteiger partial charge in [0.15, 0.2) is 0 Å². The Bertz CT molecular complexity index is 136. The predicted octanol–water partition coefficient (Wildman–Crippen LogP) is 2.19. The fraction of sp³-hybridized carbons (Fsp3) is 1.00. The average molecular weight is 217 g/mol. The van der Waals surface area contributed by atoms with Crippen molar-refractivity contribution < 1.29 is 9.47 Å². The van der Waals surface area contributed by atoms with Crippen molar-refractivity contribution in [2.45, 2.75) is 52.2 Å².